The van der Waals surface area contributed by atoms with Crippen LogP contribution in [0.1, 0.15) is 91.0 Å². The lowest BCUT2D eigenvalue weighted by Gasteiger charge is -2.29. The molecule has 212 valence electrons. The van der Waals surface area contributed by atoms with Gasteiger partial charge in [0.25, 0.3) is 0 Å². The maximum atomic E-state index is 12.6. The number of nitrogens with two attached hydrogens (primary N) is 1. The first kappa shape index (κ1) is 31.3. The van der Waals surface area contributed by atoms with E-state index in [4.69, 9.17) is 19.9 Å². The fourth-order valence-electron chi connectivity index (χ4n) is 4.71. The Balaban J connectivity index is 2.33. The van der Waals surface area contributed by atoms with E-state index in [0.29, 0.717) is 5.56 Å². The number of benzene rings is 1. The highest BCUT2D eigenvalue weighted by Gasteiger charge is 2.33. The molecular weight excluding hydrogens is 490 g/mol. The third-order valence-electron chi connectivity index (χ3n) is 6.66. The van der Waals surface area contributed by atoms with Gasteiger partial charge in [0.05, 0.1) is 12.5 Å². The number of hydrogen-bond donors (Lipinski definition) is 2. The number of carbonyl (C=O) groups is 4. The number of rotatable bonds is 13. The molecule has 0 bridgehead atoms. The number of esters is 3. The van der Waals surface area contributed by atoms with E-state index < -0.39 is 35.8 Å². The van der Waals surface area contributed by atoms with Crippen LogP contribution >= 0.6 is 0 Å². The summed E-state index contributed by atoms with van der Waals surface area (Å²) in [7, 11) is 0. The third kappa shape index (κ3) is 9.74. The lowest BCUT2D eigenvalue weighted by molar-refractivity contribution is -0.151. The van der Waals surface area contributed by atoms with Gasteiger partial charge in [0, 0.05) is 18.8 Å². The van der Waals surface area contributed by atoms with E-state index in [9.17, 15) is 24.3 Å². The molecule has 2 unspecified atom stereocenters. The number of carbonyl (C=O) groups excluding carboxylic acids is 3. The summed E-state index contributed by atoms with van der Waals surface area (Å²) in [6.45, 7) is 9.28. The third-order valence-corrected chi connectivity index (χ3v) is 6.66. The van der Waals surface area contributed by atoms with Crippen LogP contribution in [0, 0.1) is 23.7 Å². The van der Waals surface area contributed by atoms with Gasteiger partial charge in [-0.15, -0.1) is 0 Å². The van der Waals surface area contributed by atoms with Crippen LogP contribution in [-0.2, 0) is 23.9 Å². The monoisotopic (exact) mass is 533 g/mol. The van der Waals surface area contributed by atoms with Crippen LogP contribution in [0.5, 0.6) is 11.5 Å². The summed E-state index contributed by atoms with van der Waals surface area (Å²) in [5.74, 6) is -3.63. The second kappa shape index (κ2) is 14.9. The minimum absolute atomic E-state index is 0.00538. The highest BCUT2D eigenvalue weighted by Crippen LogP contribution is 2.36. The molecule has 9 nitrogen and oxygen atoms in total. The van der Waals surface area contributed by atoms with Crippen molar-refractivity contribution in [2.75, 3.05) is 6.61 Å². The van der Waals surface area contributed by atoms with E-state index in [2.05, 4.69) is 0 Å². The Morgan fingerprint density at radius 2 is 1.45 bits per heavy atom. The Morgan fingerprint density at radius 1 is 0.895 bits per heavy atom. The number of aliphatic carboxylic acids is 1. The quantitative estimate of drug-likeness (QED) is 0.269. The van der Waals surface area contributed by atoms with Gasteiger partial charge in [-0.2, -0.15) is 0 Å². The van der Waals surface area contributed by atoms with Crippen molar-refractivity contribution in [2.45, 2.75) is 91.5 Å². The van der Waals surface area contributed by atoms with Crippen LogP contribution in [0.2, 0.25) is 0 Å². The van der Waals surface area contributed by atoms with Gasteiger partial charge >= 0.3 is 23.9 Å². The molecule has 0 aliphatic heterocycles. The molecule has 1 aromatic carbocycles. The fraction of sp³-hybridized carbons (Fsp3) is 0.655. The van der Waals surface area contributed by atoms with Gasteiger partial charge in [-0.25, -0.2) is 0 Å². The summed E-state index contributed by atoms with van der Waals surface area (Å²) in [6, 6.07) is 3.26. The van der Waals surface area contributed by atoms with Gasteiger partial charge < -0.3 is 25.1 Å². The maximum Gasteiger partial charge on any atom is 0.321 e. The fourth-order valence-corrected chi connectivity index (χ4v) is 4.71. The summed E-state index contributed by atoms with van der Waals surface area (Å²) in [5.41, 5.74) is 6.57. The number of hydrogen-bond acceptors (Lipinski definition) is 8. The minimum Gasteiger partial charge on any atom is -0.480 e. The van der Waals surface area contributed by atoms with Crippen molar-refractivity contribution in [1.82, 2.24) is 0 Å². The molecular formula is C29H43NO8. The lowest BCUT2D eigenvalue weighted by atomic mass is 9.82. The molecule has 1 saturated carbocycles. The zero-order valence-corrected chi connectivity index (χ0v) is 23.2. The van der Waals surface area contributed by atoms with E-state index in [1.165, 1.54) is 12.1 Å². The Bertz CT molecular complexity index is 967. The van der Waals surface area contributed by atoms with Gasteiger partial charge in [-0.3, -0.25) is 19.2 Å². The lowest BCUT2D eigenvalue weighted by Crippen LogP contribution is -2.41. The Labute approximate surface area is 225 Å². The Hall–Kier alpha value is -2.94. The molecule has 3 N–H and O–H groups in total. The molecule has 1 aliphatic carbocycles. The molecule has 0 spiro atoms. The van der Waals surface area contributed by atoms with Crippen molar-refractivity contribution < 1.29 is 38.5 Å². The summed E-state index contributed by atoms with van der Waals surface area (Å²) < 4.78 is 16.6. The highest BCUT2D eigenvalue weighted by molar-refractivity contribution is 5.77. The average Bonchev–Trinajstić information content (AvgIpc) is 2.83. The van der Waals surface area contributed by atoms with Crippen LogP contribution in [0.4, 0.5) is 0 Å². The van der Waals surface area contributed by atoms with Gasteiger partial charge in [-0.05, 0) is 48.3 Å². The molecule has 9 heteroatoms. The van der Waals surface area contributed by atoms with E-state index in [-0.39, 0.29) is 54.7 Å². The van der Waals surface area contributed by atoms with E-state index in [0.717, 1.165) is 32.1 Å². The van der Waals surface area contributed by atoms with Crippen LogP contribution in [0.15, 0.2) is 18.2 Å². The first-order valence-electron chi connectivity index (χ1n) is 13.6. The topological polar surface area (TPSA) is 142 Å². The summed E-state index contributed by atoms with van der Waals surface area (Å²) in [6.07, 6.45) is 5.03. The maximum absolute atomic E-state index is 12.6. The smallest absolute Gasteiger partial charge is 0.321 e. The van der Waals surface area contributed by atoms with Gasteiger partial charge in [0.1, 0.15) is 6.04 Å². The van der Waals surface area contributed by atoms with Crippen molar-refractivity contribution >= 4 is 23.9 Å². The zero-order chi connectivity index (χ0) is 28.4. The molecule has 1 aromatic rings. The second-order valence-electron chi connectivity index (χ2n) is 11.2. The SMILES string of the molecule is CC(C)CC(=O)Oc1ccc(C(C(C)COC(=O)C2CCCCC2)[C@H](N)C(=O)O)cc1OC(=O)CC(C)C. The number of carboxylic acids is 1. The normalized spacial score (nSPS) is 16.5. The molecule has 0 aromatic heterocycles. The minimum atomic E-state index is -1.31. The van der Waals surface area contributed by atoms with Crippen LogP contribution in [0.3, 0.4) is 0 Å². The number of carboxylic acid groups (broad SMARTS) is 1. The van der Waals surface area contributed by atoms with Crippen LogP contribution < -0.4 is 15.2 Å². The molecule has 3 atom stereocenters. The van der Waals surface area contributed by atoms with E-state index in [1.807, 2.05) is 27.7 Å². The second-order valence-corrected chi connectivity index (χ2v) is 11.2. The summed E-state index contributed by atoms with van der Waals surface area (Å²) >= 11 is 0. The first-order valence-corrected chi connectivity index (χ1v) is 13.6. The zero-order valence-electron chi connectivity index (χ0n) is 23.2. The first-order chi connectivity index (χ1) is 17.9. The Morgan fingerprint density at radius 3 is 1.97 bits per heavy atom. The molecule has 0 amide bonds. The summed E-state index contributed by atoms with van der Waals surface area (Å²) in [5, 5.41) is 9.73. The van der Waals surface area contributed by atoms with Crippen molar-refractivity contribution in [3.63, 3.8) is 0 Å². The van der Waals surface area contributed by atoms with Crippen molar-refractivity contribution in [2.24, 2.45) is 29.4 Å². The average molecular weight is 534 g/mol. The molecule has 1 fully saturated rings. The Kier molecular flexibility index (Phi) is 12.2. The van der Waals surface area contributed by atoms with Crippen molar-refractivity contribution in [1.29, 1.82) is 0 Å². The molecule has 0 saturated heterocycles. The van der Waals surface area contributed by atoms with Gasteiger partial charge in [0.15, 0.2) is 11.5 Å². The van der Waals surface area contributed by atoms with Gasteiger partial charge in [0.2, 0.25) is 0 Å². The van der Waals surface area contributed by atoms with Crippen LogP contribution in [0.25, 0.3) is 0 Å². The largest absolute Gasteiger partial charge is 0.480 e. The number of ether oxygens (including phenoxy) is 3. The van der Waals surface area contributed by atoms with E-state index in [1.54, 1.807) is 13.0 Å². The van der Waals surface area contributed by atoms with Gasteiger partial charge in [-0.1, -0.05) is 59.9 Å². The van der Waals surface area contributed by atoms with Crippen molar-refractivity contribution in [3.05, 3.63) is 23.8 Å². The summed E-state index contributed by atoms with van der Waals surface area (Å²) in [4.78, 5) is 49.3. The van der Waals surface area contributed by atoms with Crippen LogP contribution in [-0.4, -0.2) is 41.6 Å². The molecule has 0 radical (unpaired) electrons. The molecule has 1 aliphatic rings. The standard InChI is InChI=1S/C29H43NO8/c1-17(2)13-24(31)37-22-12-11-21(15-23(22)38-25(32)14-18(3)4)26(27(30)28(33)34)19(5)16-36-29(35)20-9-7-6-8-10-20/h11-12,15,17-20,26-27H,6-10,13-14,16,30H2,1-5H3,(H,33,34)/t19?,26?,27-/m0/s1. The predicted octanol–water partition coefficient (Wildman–Crippen LogP) is 4.84. The molecule has 38 heavy (non-hydrogen) atoms. The van der Waals surface area contributed by atoms with Crippen molar-refractivity contribution in [3.8, 4) is 11.5 Å². The predicted molar refractivity (Wildman–Crippen MR) is 142 cm³/mol. The highest BCUT2D eigenvalue weighted by atomic mass is 16.6. The molecule has 0 heterocycles. The van der Waals surface area contributed by atoms with E-state index >= 15 is 0 Å². The molecule has 2 rings (SSSR count).